The van der Waals surface area contributed by atoms with Crippen molar-refractivity contribution in [3.8, 4) is 0 Å². The van der Waals surface area contributed by atoms with Crippen LogP contribution >= 0.6 is 11.6 Å². The van der Waals surface area contributed by atoms with Gasteiger partial charge in [0.05, 0.1) is 12.5 Å². The number of benzene rings is 1. The van der Waals surface area contributed by atoms with E-state index < -0.39 is 0 Å². The second kappa shape index (κ2) is 6.29. The molecule has 1 atom stereocenters. The molecule has 1 unspecified atom stereocenters. The molecular weight excluding hydrogens is 318 g/mol. The summed E-state index contributed by atoms with van der Waals surface area (Å²) in [7, 11) is 1.52. The number of halogens is 1. The van der Waals surface area contributed by atoms with Crippen LogP contribution in [0.4, 0.5) is 0 Å². The molecule has 0 aromatic heterocycles. The van der Waals surface area contributed by atoms with Crippen molar-refractivity contribution in [3.63, 3.8) is 0 Å². The molecule has 1 aromatic carbocycles. The van der Waals surface area contributed by atoms with Crippen molar-refractivity contribution in [3.05, 3.63) is 34.9 Å². The second-order valence-corrected chi connectivity index (χ2v) is 6.29. The lowest BCUT2D eigenvalue weighted by Crippen LogP contribution is -2.53. The third-order valence-corrected chi connectivity index (χ3v) is 4.71. The number of rotatable bonds is 2. The summed E-state index contributed by atoms with van der Waals surface area (Å²) in [5.74, 6) is -0.347. The van der Waals surface area contributed by atoms with Crippen molar-refractivity contribution in [1.82, 2.24) is 14.7 Å². The molecule has 0 radical (unpaired) electrons. The molecule has 2 aliphatic rings. The Morgan fingerprint density at radius 2 is 1.87 bits per heavy atom. The zero-order chi connectivity index (χ0) is 16.6. The second-order valence-electron chi connectivity index (χ2n) is 5.85. The Labute approximate surface area is 139 Å². The maximum Gasteiger partial charge on any atom is 0.253 e. The van der Waals surface area contributed by atoms with Gasteiger partial charge >= 0.3 is 0 Å². The number of amides is 3. The van der Waals surface area contributed by atoms with E-state index >= 15 is 0 Å². The highest BCUT2D eigenvalue weighted by atomic mass is 35.5. The van der Waals surface area contributed by atoms with Gasteiger partial charge in [-0.3, -0.25) is 24.2 Å². The Bertz CT molecular complexity index is 656. The number of nitrogens with zero attached hydrogens (tertiary/aromatic N) is 3. The van der Waals surface area contributed by atoms with Crippen molar-refractivity contribution < 1.29 is 14.4 Å². The van der Waals surface area contributed by atoms with Crippen LogP contribution in [-0.4, -0.2) is 71.7 Å². The molecule has 6 nitrogen and oxygen atoms in total. The SMILES string of the molecule is CN1C(=O)CC(N2CCN(C(=O)c3cccc(Cl)c3)CC2)C1=O. The van der Waals surface area contributed by atoms with Crippen molar-refractivity contribution >= 4 is 29.3 Å². The van der Waals surface area contributed by atoms with Crippen LogP contribution in [0.2, 0.25) is 5.02 Å². The van der Waals surface area contributed by atoms with E-state index in [9.17, 15) is 14.4 Å². The lowest BCUT2D eigenvalue weighted by atomic mass is 10.1. The fourth-order valence-electron chi connectivity index (χ4n) is 3.06. The standard InChI is InChI=1S/C16H18ClN3O3/c1-18-14(21)10-13(16(18)23)19-5-7-20(8-6-19)15(22)11-3-2-4-12(17)9-11/h2-4,9,13H,5-8,10H2,1H3. The third-order valence-electron chi connectivity index (χ3n) is 4.47. The predicted octanol–water partition coefficient (Wildman–Crippen LogP) is 0.855. The van der Waals surface area contributed by atoms with Gasteiger partial charge in [0.15, 0.2) is 0 Å². The van der Waals surface area contributed by atoms with E-state index in [1.807, 2.05) is 4.90 Å². The summed E-state index contributed by atoms with van der Waals surface area (Å²) in [6, 6.07) is 6.51. The zero-order valence-corrected chi connectivity index (χ0v) is 13.6. The van der Waals surface area contributed by atoms with Gasteiger partial charge in [-0.1, -0.05) is 17.7 Å². The highest BCUT2D eigenvalue weighted by Crippen LogP contribution is 2.20. The maximum atomic E-state index is 12.5. The fourth-order valence-corrected chi connectivity index (χ4v) is 3.25. The first kappa shape index (κ1) is 16.0. The van der Waals surface area contributed by atoms with Crippen LogP contribution in [0.25, 0.3) is 0 Å². The largest absolute Gasteiger partial charge is 0.336 e. The maximum absolute atomic E-state index is 12.5. The van der Waals surface area contributed by atoms with E-state index in [4.69, 9.17) is 11.6 Å². The van der Waals surface area contributed by atoms with Crippen LogP contribution in [-0.2, 0) is 9.59 Å². The topological polar surface area (TPSA) is 60.9 Å². The molecule has 7 heteroatoms. The highest BCUT2D eigenvalue weighted by Gasteiger charge is 2.40. The molecule has 0 saturated carbocycles. The van der Waals surface area contributed by atoms with Crippen LogP contribution in [0.15, 0.2) is 24.3 Å². The molecule has 0 bridgehead atoms. The Morgan fingerprint density at radius 1 is 1.17 bits per heavy atom. The number of hydrogen-bond acceptors (Lipinski definition) is 4. The number of carbonyl (C=O) groups is 3. The average Bonchev–Trinajstić information content (AvgIpc) is 2.82. The van der Waals surface area contributed by atoms with Crippen LogP contribution < -0.4 is 0 Å². The number of likely N-dealkylation sites (N-methyl/N-ethyl adjacent to an activating group) is 1. The molecular formula is C16H18ClN3O3. The van der Waals surface area contributed by atoms with Gasteiger partial charge in [-0.05, 0) is 18.2 Å². The van der Waals surface area contributed by atoms with Gasteiger partial charge in [-0.25, -0.2) is 0 Å². The first-order valence-electron chi connectivity index (χ1n) is 7.56. The van der Waals surface area contributed by atoms with E-state index in [1.54, 1.807) is 29.2 Å². The van der Waals surface area contributed by atoms with E-state index in [0.29, 0.717) is 36.8 Å². The average molecular weight is 336 g/mol. The lowest BCUT2D eigenvalue weighted by Gasteiger charge is -2.37. The first-order valence-corrected chi connectivity index (χ1v) is 7.94. The molecule has 122 valence electrons. The van der Waals surface area contributed by atoms with Crippen molar-refractivity contribution in [2.45, 2.75) is 12.5 Å². The zero-order valence-electron chi connectivity index (χ0n) is 12.9. The smallest absolute Gasteiger partial charge is 0.253 e. The Hall–Kier alpha value is -1.92. The Morgan fingerprint density at radius 3 is 2.43 bits per heavy atom. The third kappa shape index (κ3) is 3.09. The van der Waals surface area contributed by atoms with Crippen LogP contribution in [0.5, 0.6) is 0 Å². The number of likely N-dealkylation sites (tertiary alicyclic amines) is 1. The summed E-state index contributed by atoms with van der Waals surface area (Å²) in [6.45, 7) is 2.24. The molecule has 2 fully saturated rings. The summed E-state index contributed by atoms with van der Waals surface area (Å²) < 4.78 is 0. The number of piperazine rings is 1. The minimum Gasteiger partial charge on any atom is -0.336 e. The normalized spacial score (nSPS) is 22.8. The molecule has 2 heterocycles. The van der Waals surface area contributed by atoms with E-state index in [-0.39, 0.29) is 30.2 Å². The quantitative estimate of drug-likeness (QED) is 0.752. The predicted molar refractivity (Wildman–Crippen MR) is 85.1 cm³/mol. The molecule has 3 rings (SSSR count). The highest BCUT2D eigenvalue weighted by molar-refractivity contribution is 6.30. The Balaban J connectivity index is 1.62. The summed E-state index contributed by atoms with van der Waals surface area (Å²) in [4.78, 5) is 41.1. The molecule has 0 aliphatic carbocycles. The van der Waals surface area contributed by atoms with Gasteiger partial charge in [0.2, 0.25) is 11.8 Å². The molecule has 23 heavy (non-hydrogen) atoms. The van der Waals surface area contributed by atoms with Gasteiger partial charge < -0.3 is 4.90 Å². The first-order chi connectivity index (χ1) is 11.0. The van der Waals surface area contributed by atoms with E-state index in [2.05, 4.69) is 0 Å². The van der Waals surface area contributed by atoms with E-state index in [0.717, 1.165) is 0 Å². The molecule has 3 amide bonds. The van der Waals surface area contributed by atoms with Crippen LogP contribution in [0.1, 0.15) is 16.8 Å². The van der Waals surface area contributed by atoms with Crippen LogP contribution in [0.3, 0.4) is 0 Å². The summed E-state index contributed by atoms with van der Waals surface area (Å²) >= 11 is 5.93. The van der Waals surface area contributed by atoms with Gasteiger partial charge in [0, 0.05) is 43.8 Å². The lowest BCUT2D eigenvalue weighted by molar-refractivity contribution is -0.138. The summed E-state index contributed by atoms with van der Waals surface area (Å²) in [5, 5.41) is 0.535. The monoisotopic (exact) mass is 335 g/mol. The van der Waals surface area contributed by atoms with Crippen LogP contribution in [0, 0.1) is 0 Å². The van der Waals surface area contributed by atoms with Gasteiger partial charge in [0.1, 0.15) is 0 Å². The van der Waals surface area contributed by atoms with Crippen molar-refractivity contribution in [2.24, 2.45) is 0 Å². The Kier molecular flexibility index (Phi) is 4.37. The van der Waals surface area contributed by atoms with Gasteiger partial charge in [-0.2, -0.15) is 0 Å². The summed E-state index contributed by atoms with van der Waals surface area (Å²) in [5.41, 5.74) is 0.567. The molecule has 1 aromatic rings. The number of carbonyl (C=O) groups excluding carboxylic acids is 3. The molecule has 2 saturated heterocycles. The minimum atomic E-state index is -0.379. The van der Waals surface area contributed by atoms with Gasteiger partial charge in [0.25, 0.3) is 5.91 Å². The molecule has 0 N–H and O–H groups in total. The minimum absolute atomic E-state index is 0.0573. The number of imide groups is 1. The van der Waals surface area contributed by atoms with Crippen molar-refractivity contribution in [2.75, 3.05) is 33.2 Å². The number of hydrogen-bond donors (Lipinski definition) is 0. The van der Waals surface area contributed by atoms with Gasteiger partial charge in [-0.15, -0.1) is 0 Å². The van der Waals surface area contributed by atoms with Crippen molar-refractivity contribution in [1.29, 1.82) is 0 Å². The van der Waals surface area contributed by atoms with E-state index in [1.165, 1.54) is 11.9 Å². The fraction of sp³-hybridized carbons (Fsp3) is 0.438. The molecule has 0 spiro atoms. The summed E-state index contributed by atoms with van der Waals surface area (Å²) in [6.07, 6.45) is 0.234. The molecule has 2 aliphatic heterocycles.